The van der Waals surface area contributed by atoms with E-state index in [2.05, 4.69) is 11.9 Å². The van der Waals surface area contributed by atoms with Crippen molar-refractivity contribution >= 4 is 27.3 Å². The second-order valence-electron chi connectivity index (χ2n) is 6.28. The lowest BCUT2D eigenvalue weighted by Gasteiger charge is -2.22. The zero-order chi connectivity index (χ0) is 21.3. The van der Waals surface area contributed by atoms with Crippen LogP contribution in [0.4, 0.5) is 11.4 Å². The quantitative estimate of drug-likeness (QED) is 0.565. The molecule has 0 aliphatic rings. The molecule has 156 valence electrons. The second kappa shape index (κ2) is 10.5. The van der Waals surface area contributed by atoms with E-state index < -0.39 is 15.9 Å². The molecule has 7 nitrogen and oxygen atoms in total. The smallest absolute Gasteiger partial charge is 0.245 e. The van der Waals surface area contributed by atoms with E-state index in [1.807, 2.05) is 6.92 Å². The van der Waals surface area contributed by atoms with Gasteiger partial charge in [0.2, 0.25) is 15.9 Å². The lowest BCUT2D eigenvalue weighted by Crippen LogP contribution is -2.37. The van der Waals surface area contributed by atoms with E-state index in [0.717, 1.165) is 17.0 Å². The molecular formula is C21H26N2O5S. The SMILES string of the molecule is C=CCOc1ccc(NC(=O)CN(c2ccc(OCCC)cc2)S(C)(=O)=O)cc1. The lowest BCUT2D eigenvalue weighted by molar-refractivity contribution is -0.114. The van der Waals surface area contributed by atoms with Gasteiger partial charge in [-0.25, -0.2) is 8.42 Å². The largest absolute Gasteiger partial charge is 0.494 e. The van der Waals surface area contributed by atoms with Gasteiger partial charge in [0.05, 0.1) is 18.6 Å². The van der Waals surface area contributed by atoms with Gasteiger partial charge in [0, 0.05) is 5.69 Å². The summed E-state index contributed by atoms with van der Waals surface area (Å²) in [5.41, 5.74) is 0.928. The van der Waals surface area contributed by atoms with Crippen LogP contribution in [0.3, 0.4) is 0 Å². The third kappa shape index (κ3) is 7.15. The average Bonchev–Trinajstić information content (AvgIpc) is 2.69. The van der Waals surface area contributed by atoms with Crippen molar-refractivity contribution in [3.05, 3.63) is 61.2 Å². The molecule has 0 spiro atoms. The Morgan fingerprint density at radius 1 is 1.07 bits per heavy atom. The maximum absolute atomic E-state index is 12.4. The Labute approximate surface area is 172 Å². The van der Waals surface area contributed by atoms with Gasteiger partial charge in [0.1, 0.15) is 24.7 Å². The minimum absolute atomic E-state index is 0.345. The Kier molecular flexibility index (Phi) is 8.09. The van der Waals surface area contributed by atoms with Crippen molar-refractivity contribution in [1.82, 2.24) is 0 Å². The lowest BCUT2D eigenvalue weighted by atomic mass is 10.3. The predicted octanol–water partition coefficient (Wildman–Crippen LogP) is 3.44. The Balaban J connectivity index is 2.06. The zero-order valence-electron chi connectivity index (χ0n) is 16.6. The van der Waals surface area contributed by atoms with E-state index in [0.29, 0.717) is 36.1 Å². The first kappa shape index (κ1) is 22.3. The Bertz CT molecular complexity index is 909. The summed E-state index contributed by atoms with van der Waals surface area (Å²) < 4.78 is 36.4. The Hall–Kier alpha value is -3.00. The van der Waals surface area contributed by atoms with Gasteiger partial charge in [-0.1, -0.05) is 19.6 Å². The first-order chi connectivity index (χ1) is 13.8. The summed E-state index contributed by atoms with van der Waals surface area (Å²) in [6.45, 7) is 6.20. The van der Waals surface area contributed by atoms with Gasteiger partial charge in [-0.2, -0.15) is 0 Å². The average molecular weight is 419 g/mol. The number of carbonyl (C=O) groups excluding carboxylic acids is 1. The number of nitrogens with one attached hydrogen (secondary N) is 1. The fourth-order valence-corrected chi connectivity index (χ4v) is 3.31. The molecule has 0 radical (unpaired) electrons. The summed E-state index contributed by atoms with van der Waals surface area (Å²) in [7, 11) is -3.65. The van der Waals surface area contributed by atoms with Crippen LogP contribution in [-0.4, -0.2) is 40.3 Å². The molecule has 2 aromatic carbocycles. The van der Waals surface area contributed by atoms with Gasteiger partial charge in [-0.05, 0) is 55.0 Å². The van der Waals surface area contributed by atoms with Gasteiger partial charge in [0.25, 0.3) is 0 Å². The molecule has 0 atom stereocenters. The van der Waals surface area contributed by atoms with Gasteiger partial charge in [0.15, 0.2) is 0 Å². The maximum atomic E-state index is 12.4. The highest BCUT2D eigenvalue weighted by atomic mass is 32.2. The summed E-state index contributed by atoms with van der Waals surface area (Å²) in [4.78, 5) is 12.4. The summed E-state index contributed by atoms with van der Waals surface area (Å²) in [5, 5.41) is 2.69. The minimum Gasteiger partial charge on any atom is -0.494 e. The highest BCUT2D eigenvalue weighted by Gasteiger charge is 2.21. The van der Waals surface area contributed by atoms with Crippen LogP contribution in [0.5, 0.6) is 11.5 Å². The summed E-state index contributed by atoms with van der Waals surface area (Å²) in [5.74, 6) is 0.833. The molecule has 2 rings (SSSR count). The van der Waals surface area contributed by atoms with Crippen molar-refractivity contribution < 1.29 is 22.7 Å². The molecular weight excluding hydrogens is 392 g/mol. The highest BCUT2D eigenvalue weighted by Crippen LogP contribution is 2.22. The minimum atomic E-state index is -3.65. The highest BCUT2D eigenvalue weighted by molar-refractivity contribution is 7.92. The molecule has 1 N–H and O–H groups in total. The zero-order valence-corrected chi connectivity index (χ0v) is 17.4. The maximum Gasteiger partial charge on any atom is 0.245 e. The summed E-state index contributed by atoms with van der Waals surface area (Å²) in [6.07, 6.45) is 3.57. The first-order valence-corrected chi connectivity index (χ1v) is 11.0. The number of amides is 1. The molecule has 8 heteroatoms. The molecule has 1 amide bonds. The first-order valence-electron chi connectivity index (χ1n) is 9.17. The van der Waals surface area contributed by atoms with Crippen molar-refractivity contribution in [3.63, 3.8) is 0 Å². The van der Waals surface area contributed by atoms with Gasteiger partial charge in [-0.15, -0.1) is 0 Å². The molecule has 0 aliphatic carbocycles. The van der Waals surface area contributed by atoms with Crippen LogP contribution in [0.15, 0.2) is 61.2 Å². The molecule has 0 aliphatic heterocycles. The molecule has 0 bridgehead atoms. The molecule has 0 fully saturated rings. The number of carbonyl (C=O) groups is 1. The second-order valence-corrected chi connectivity index (χ2v) is 8.19. The van der Waals surface area contributed by atoms with E-state index in [9.17, 15) is 13.2 Å². The van der Waals surface area contributed by atoms with Crippen LogP contribution in [-0.2, 0) is 14.8 Å². The van der Waals surface area contributed by atoms with E-state index in [-0.39, 0.29) is 6.54 Å². The van der Waals surface area contributed by atoms with Crippen molar-refractivity contribution in [2.45, 2.75) is 13.3 Å². The molecule has 0 saturated carbocycles. The molecule has 0 aromatic heterocycles. The number of nitrogens with zero attached hydrogens (tertiary/aromatic N) is 1. The molecule has 2 aromatic rings. The van der Waals surface area contributed by atoms with Crippen LogP contribution in [0.2, 0.25) is 0 Å². The van der Waals surface area contributed by atoms with Gasteiger partial charge in [-0.3, -0.25) is 9.10 Å². The van der Waals surface area contributed by atoms with E-state index in [1.165, 1.54) is 0 Å². The van der Waals surface area contributed by atoms with E-state index in [4.69, 9.17) is 9.47 Å². The number of benzene rings is 2. The number of anilines is 2. The van der Waals surface area contributed by atoms with Gasteiger partial charge >= 0.3 is 0 Å². The van der Waals surface area contributed by atoms with Crippen LogP contribution in [0.1, 0.15) is 13.3 Å². The monoisotopic (exact) mass is 418 g/mol. The number of hydrogen-bond acceptors (Lipinski definition) is 5. The molecule has 0 saturated heterocycles. The molecule has 0 unspecified atom stereocenters. The van der Waals surface area contributed by atoms with Crippen LogP contribution in [0, 0.1) is 0 Å². The van der Waals surface area contributed by atoms with E-state index >= 15 is 0 Å². The number of ether oxygens (including phenoxy) is 2. The van der Waals surface area contributed by atoms with Crippen molar-refractivity contribution in [3.8, 4) is 11.5 Å². The Morgan fingerprint density at radius 2 is 1.66 bits per heavy atom. The van der Waals surface area contributed by atoms with Crippen molar-refractivity contribution in [2.75, 3.05) is 35.6 Å². The predicted molar refractivity (Wildman–Crippen MR) is 115 cm³/mol. The van der Waals surface area contributed by atoms with Crippen LogP contribution < -0.4 is 19.1 Å². The normalized spacial score (nSPS) is 10.8. The Morgan fingerprint density at radius 3 is 2.21 bits per heavy atom. The summed E-state index contributed by atoms with van der Waals surface area (Å²) in [6, 6.07) is 13.4. The molecule has 29 heavy (non-hydrogen) atoms. The third-order valence-corrected chi connectivity index (χ3v) is 4.93. The van der Waals surface area contributed by atoms with Crippen LogP contribution in [0.25, 0.3) is 0 Å². The fraction of sp³-hybridized carbons (Fsp3) is 0.286. The number of hydrogen-bond donors (Lipinski definition) is 1. The summed E-state index contributed by atoms with van der Waals surface area (Å²) >= 11 is 0. The standard InChI is InChI=1S/C21H26N2O5S/c1-4-14-27-19-10-6-17(7-11-19)22-21(24)16-23(29(3,25)26)18-8-12-20(13-9-18)28-15-5-2/h4,6-13H,1,5,14-16H2,2-3H3,(H,22,24). The topological polar surface area (TPSA) is 84.9 Å². The number of rotatable bonds is 11. The van der Waals surface area contributed by atoms with Crippen molar-refractivity contribution in [1.29, 1.82) is 0 Å². The van der Waals surface area contributed by atoms with Crippen LogP contribution >= 0.6 is 0 Å². The fourth-order valence-electron chi connectivity index (χ4n) is 2.45. The van der Waals surface area contributed by atoms with Crippen molar-refractivity contribution in [2.24, 2.45) is 0 Å². The van der Waals surface area contributed by atoms with E-state index in [1.54, 1.807) is 54.6 Å². The third-order valence-electron chi connectivity index (χ3n) is 3.79. The number of sulfonamides is 1. The van der Waals surface area contributed by atoms with Gasteiger partial charge < -0.3 is 14.8 Å². The molecule has 0 heterocycles.